The number of thiophene rings is 1. The number of ether oxygens (including phenoxy) is 1. The van der Waals surface area contributed by atoms with Crippen LogP contribution in [0.1, 0.15) is 9.67 Å². The molecule has 1 aromatic carbocycles. The maximum absolute atomic E-state index is 12.3. The lowest BCUT2D eigenvalue weighted by Gasteiger charge is -2.31. The van der Waals surface area contributed by atoms with Crippen molar-refractivity contribution in [3.8, 4) is 0 Å². The number of fused-ring (bicyclic) bond motifs is 1. The van der Waals surface area contributed by atoms with Crippen molar-refractivity contribution in [1.82, 2.24) is 0 Å². The number of benzene rings is 1. The Hall–Kier alpha value is -2.54. The summed E-state index contributed by atoms with van der Waals surface area (Å²) in [5.74, 6) is -0.604. The quantitative estimate of drug-likeness (QED) is 0.842. The molecule has 1 aliphatic rings. The van der Waals surface area contributed by atoms with E-state index in [2.05, 4.69) is 10.6 Å². The van der Waals surface area contributed by atoms with Crippen LogP contribution in [-0.2, 0) is 9.53 Å². The molecule has 0 radical (unpaired) electrons. The summed E-state index contributed by atoms with van der Waals surface area (Å²) in [6.07, 6.45) is 0. The Morgan fingerprint density at radius 1 is 1.35 bits per heavy atom. The Kier molecular flexibility index (Phi) is 4.47. The first-order valence-electron chi connectivity index (χ1n) is 7.22. The summed E-state index contributed by atoms with van der Waals surface area (Å²) in [6.45, 7) is 1.77. The van der Waals surface area contributed by atoms with Gasteiger partial charge in [-0.2, -0.15) is 0 Å². The van der Waals surface area contributed by atoms with Gasteiger partial charge in [-0.3, -0.25) is 4.79 Å². The number of carbonyl (C=O) groups is 2. The topological polar surface area (TPSA) is 70.7 Å². The monoisotopic (exact) mass is 331 g/mol. The van der Waals surface area contributed by atoms with E-state index in [1.165, 1.54) is 18.4 Å². The fraction of sp³-hybridized carbons (Fsp3) is 0.250. The molecular weight excluding hydrogens is 314 g/mol. The molecule has 0 fully saturated rings. The first kappa shape index (κ1) is 15.4. The molecule has 6 nitrogen and oxygen atoms in total. The molecule has 2 N–H and O–H groups in total. The zero-order valence-corrected chi connectivity index (χ0v) is 13.5. The number of hydrogen-bond acceptors (Lipinski definition) is 6. The van der Waals surface area contributed by atoms with Crippen molar-refractivity contribution in [1.29, 1.82) is 0 Å². The summed E-state index contributed by atoms with van der Waals surface area (Å²) in [5.41, 5.74) is 2.53. The van der Waals surface area contributed by atoms with Crippen LogP contribution in [0.3, 0.4) is 0 Å². The second-order valence-corrected chi connectivity index (χ2v) is 5.98. The van der Waals surface area contributed by atoms with Gasteiger partial charge < -0.3 is 20.3 Å². The zero-order valence-electron chi connectivity index (χ0n) is 12.7. The lowest BCUT2D eigenvalue weighted by atomic mass is 10.2. The first-order valence-corrected chi connectivity index (χ1v) is 8.10. The Morgan fingerprint density at radius 2 is 2.17 bits per heavy atom. The van der Waals surface area contributed by atoms with Crippen LogP contribution in [0.4, 0.5) is 17.1 Å². The van der Waals surface area contributed by atoms with E-state index >= 15 is 0 Å². The smallest absolute Gasteiger partial charge is 0.350 e. The molecule has 2 heterocycles. The molecule has 0 spiro atoms. The van der Waals surface area contributed by atoms with Gasteiger partial charge in [-0.05, 0) is 23.6 Å². The van der Waals surface area contributed by atoms with E-state index < -0.39 is 5.97 Å². The van der Waals surface area contributed by atoms with Gasteiger partial charge in [0.05, 0.1) is 30.7 Å². The molecule has 1 aromatic heterocycles. The van der Waals surface area contributed by atoms with Crippen LogP contribution in [0.5, 0.6) is 0 Å². The number of nitrogens with one attached hydrogen (secondary N) is 2. The van der Waals surface area contributed by atoms with Crippen LogP contribution in [0.15, 0.2) is 35.7 Å². The van der Waals surface area contributed by atoms with Gasteiger partial charge in [0.2, 0.25) is 5.91 Å². The van der Waals surface area contributed by atoms with E-state index in [1.54, 1.807) is 11.4 Å². The third-order valence-corrected chi connectivity index (χ3v) is 4.48. The Bertz CT molecular complexity index is 729. The predicted octanol–water partition coefficient (Wildman–Crippen LogP) is 2.41. The van der Waals surface area contributed by atoms with Gasteiger partial charge in [0, 0.05) is 13.1 Å². The fourth-order valence-corrected chi connectivity index (χ4v) is 3.30. The van der Waals surface area contributed by atoms with E-state index in [9.17, 15) is 9.59 Å². The van der Waals surface area contributed by atoms with Crippen molar-refractivity contribution < 1.29 is 14.3 Å². The minimum absolute atomic E-state index is 0.162. The number of carbonyl (C=O) groups excluding carboxylic acids is 2. The average molecular weight is 331 g/mol. The van der Waals surface area contributed by atoms with Gasteiger partial charge in [-0.15, -0.1) is 11.3 Å². The number of amides is 1. The molecule has 0 saturated heterocycles. The fourth-order valence-electron chi connectivity index (χ4n) is 2.53. The summed E-state index contributed by atoms with van der Waals surface area (Å²) >= 11 is 1.25. The van der Waals surface area contributed by atoms with E-state index in [0.717, 1.165) is 24.5 Å². The van der Waals surface area contributed by atoms with Gasteiger partial charge in [0.1, 0.15) is 4.88 Å². The summed E-state index contributed by atoms with van der Waals surface area (Å²) in [6, 6.07) is 9.60. The van der Waals surface area contributed by atoms with Crippen molar-refractivity contribution in [3.63, 3.8) is 0 Å². The molecule has 0 saturated carbocycles. The number of para-hydroxylation sites is 2. The highest BCUT2D eigenvalue weighted by Crippen LogP contribution is 2.28. The SMILES string of the molecule is COC(=O)c1sccc1NC(=O)CN1CCNc2ccccc21. The summed E-state index contributed by atoms with van der Waals surface area (Å²) in [5, 5.41) is 7.85. The molecule has 0 aliphatic carbocycles. The summed E-state index contributed by atoms with van der Waals surface area (Å²) < 4.78 is 4.71. The number of esters is 1. The lowest BCUT2D eigenvalue weighted by Crippen LogP contribution is -2.39. The molecule has 0 unspecified atom stereocenters. The molecule has 2 aromatic rings. The Labute approximate surface area is 138 Å². The highest BCUT2D eigenvalue weighted by atomic mass is 32.1. The molecule has 3 rings (SSSR count). The molecule has 23 heavy (non-hydrogen) atoms. The van der Waals surface area contributed by atoms with Crippen LogP contribution < -0.4 is 15.5 Å². The van der Waals surface area contributed by atoms with Gasteiger partial charge in [0.25, 0.3) is 0 Å². The highest BCUT2D eigenvalue weighted by molar-refractivity contribution is 7.12. The normalized spacial score (nSPS) is 13.0. The molecule has 0 bridgehead atoms. The van der Waals surface area contributed by atoms with Gasteiger partial charge in [-0.25, -0.2) is 4.79 Å². The van der Waals surface area contributed by atoms with E-state index in [4.69, 9.17) is 4.74 Å². The number of nitrogens with zero attached hydrogens (tertiary/aromatic N) is 1. The molecule has 7 heteroatoms. The molecule has 1 amide bonds. The lowest BCUT2D eigenvalue weighted by molar-refractivity contribution is -0.115. The minimum atomic E-state index is -0.442. The molecule has 120 valence electrons. The molecular formula is C16H17N3O3S. The number of methoxy groups -OCH3 is 1. The molecule has 0 atom stereocenters. The maximum atomic E-state index is 12.3. The van der Waals surface area contributed by atoms with E-state index in [1.807, 2.05) is 29.2 Å². The second kappa shape index (κ2) is 6.70. The largest absolute Gasteiger partial charge is 0.465 e. The van der Waals surface area contributed by atoms with Gasteiger partial charge in [0.15, 0.2) is 0 Å². The third kappa shape index (κ3) is 3.29. The average Bonchev–Trinajstić information content (AvgIpc) is 3.02. The molecule has 1 aliphatic heterocycles. The number of anilines is 3. The van der Waals surface area contributed by atoms with Gasteiger partial charge >= 0.3 is 5.97 Å². The maximum Gasteiger partial charge on any atom is 0.350 e. The Balaban J connectivity index is 1.69. The standard InChI is InChI=1S/C16H17N3O3S/c1-22-16(21)15-12(6-9-23-15)18-14(20)10-19-8-7-17-11-4-2-3-5-13(11)19/h2-6,9,17H,7-8,10H2,1H3,(H,18,20). The van der Waals surface area contributed by atoms with Crippen molar-refractivity contribution in [3.05, 3.63) is 40.6 Å². The van der Waals surface area contributed by atoms with Crippen molar-refractivity contribution in [2.75, 3.05) is 42.3 Å². The zero-order chi connectivity index (χ0) is 16.2. The second-order valence-electron chi connectivity index (χ2n) is 5.07. The Morgan fingerprint density at radius 3 is 3.00 bits per heavy atom. The first-order chi connectivity index (χ1) is 11.2. The van der Waals surface area contributed by atoms with Crippen LogP contribution in [0, 0.1) is 0 Å². The highest BCUT2D eigenvalue weighted by Gasteiger charge is 2.20. The van der Waals surface area contributed by atoms with Crippen LogP contribution >= 0.6 is 11.3 Å². The van der Waals surface area contributed by atoms with Crippen molar-refractivity contribution >= 4 is 40.3 Å². The van der Waals surface area contributed by atoms with E-state index in [0.29, 0.717) is 10.6 Å². The van der Waals surface area contributed by atoms with Crippen LogP contribution in [0.2, 0.25) is 0 Å². The van der Waals surface area contributed by atoms with Crippen molar-refractivity contribution in [2.24, 2.45) is 0 Å². The van der Waals surface area contributed by atoms with E-state index in [-0.39, 0.29) is 12.5 Å². The minimum Gasteiger partial charge on any atom is -0.465 e. The number of rotatable bonds is 4. The summed E-state index contributed by atoms with van der Waals surface area (Å²) in [4.78, 5) is 26.4. The summed E-state index contributed by atoms with van der Waals surface area (Å²) in [7, 11) is 1.32. The number of hydrogen-bond donors (Lipinski definition) is 2. The van der Waals surface area contributed by atoms with Gasteiger partial charge in [-0.1, -0.05) is 12.1 Å². The van der Waals surface area contributed by atoms with Crippen LogP contribution in [0.25, 0.3) is 0 Å². The predicted molar refractivity (Wildman–Crippen MR) is 91.4 cm³/mol. The van der Waals surface area contributed by atoms with Crippen molar-refractivity contribution in [2.45, 2.75) is 0 Å². The third-order valence-electron chi connectivity index (χ3n) is 3.59. The van der Waals surface area contributed by atoms with Crippen LogP contribution in [-0.4, -0.2) is 38.6 Å².